The molecular formula is C23H30N2O4. The van der Waals surface area contributed by atoms with Gasteiger partial charge in [-0.15, -0.1) is 0 Å². The maximum Gasteiger partial charge on any atom is 0.308 e. The van der Waals surface area contributed by atoms with Gasteiger partial charge in [0.05, 0.1) is 5.92 Å². The second-order valence-corrected chi connectivity index (χ2v) is 8.73. The molecule has 2 amide bonds. The van der Waals surface area contributed by atoms with Crippen LogP contribution in [0, 0.1) is 17.8 Å². The predicted molar refractivity (Wildman–Crippen MR) is 108 cm³/mol. The number of benzene rings is 1. The standard InChI is InChI=1S/C23H30N2O4/c26-21(24-12-6-7-13-24)17-10-4-5-11-18(17)22(27)25-14-19(20(15-25)23(28)29)16-8-2-1-3-9-16/h1-3,8-9,17-20H,4-7,10-15H2,(H,28,29)/t17?,18?,19-,20-/m1/s1. The van der Waals surface area contributed by atoms with E-state index in [2.05, 4.69) is 0 Å². The Hall–Kier alpha value is -2.37. The van der Waals surface area contributed by atoms with Gasteiger partial charge in [-0.2, -0.15) is 0 Å². The van der Waals surface area contributed by atoms with Crippen LogP contribution in [0.1, 0.15) is 50.0 Å². The highest BCUT2D eigenvalue weighted by molar-refractivity contribution is 5.89. The number of nitrogens with zero attached hydrogens (tertiary/aromatic N) is 2. The zero-order valence-corrected chi connectivity index (χ0v) is 16.8. The van der Waals surface area contributed by atoms with Gasteiger partial charge in [-0.1, -0.05) is 43.2 Å². The van der Waals surface area contributed by atoms with Gasteiger partial charge in [-0.25, -0.2) is 0 Å². The molecule has 2 heterocycles. The molecule has 0 bridgehead atoms. The molecule has 0 spiro atoms. The summed E-state index contributed by atoms with van der Waals surface area (Å²) in [4.78, 5) is 42.0. The zero-order valence-electron chi connectivity index (χ0n) is 16.8. The lowest BCUT2D eigenvalue weighted by molar-refractivity contribution is -0.147. The van der Waals surface area contributed by atoms with Crippen molar-refractivity contribution in [1.82, 2.24) is 9.80 Å². The van der Waals surface area contributed by atoms with Gasteiger partial charge in [0.2, 0.25) is 11.8 Å². The average Bonchev–Trinajstić information content (AvgIpc) is 3.44. The number of hydrogen-bond acceptors (Lipinski definition) is 3. The van der Waals surface area contributed by atoms with E-state index in [1.165, 1.54) is 0 Å². The fourth-order valence-electron chi connectivity index (χ4n) is 5.40. The van der Waals surface area contributed by atoms with Gasteiger partial charge >= 0.3 is 5.97 Å². The summed E-state index contributed by atoms with van der Waals surface area (Å²) in [5.74, 6) is -2.09. The van der Waals surface area contributed by atoms with Crippen molar-refractivity contribution in [3.63, 3.8) is 0 Å². The molecule has 2 aliphatic heterocycles. The molecule has 1 N–H and O–H groups in total. The molecule has 1 aromatic carbocycles. The lowest BCUT2D eigenvalue weighted by atomic mass is 9.77. The van der Waals surface area contributed by atoms with E-state index in [0.29, 0.717) is 6.54 Å². The Morgan fingerprint density at radius 1 is 0.759 bits per heavy atom. The van der Waals surface area contributed by atoms with Crippen molar-refractivity contribution in [3.8, 4) is 0 Å². The molecule has 3 aliphatic rings. The number of carbonyl (C=O) groups is 3. The van der Waals surface area contributed by atoms with Crippen molar-refractivity contribution in [2.24, 2.45) is 17.8 Å². The van der Waals surface area contributed by atoms with Crippen LogP contribution in [0.15, 0.2) is 30.3 Å². The van der Waals surface area contributed by atoms with Gasteiger partial charge in [0.1, 0.15) is 0 Å². The molecule has 0 radical (unpaired) electrons. The van der Waals surface area contributed by atoms with Crippen LogP contribution in [-0.2, 0) is 14.4 Å². The normalized spacial score (nSPS) is 29.8. The van der Waals surface area contributed by atoms with E-state index in [4.69, 9.17) is 0 Å². The first-order valence-electron chi connectivity index (χ1n) is 10.9. The highest BCUT2D eigenvalue weighted by atomic mass is 16.4. The van der Waals surface area contributed by atoms with E-state index < -0.39 is 11.9 Å². The van der Waals surface area contributed by atoms with E-state index in [1.807, 2.05) is 35.2 Å². The minimum atomic E-state index is -0.859. The van der Waals surface area contributed by atoms with Crippen molar-refractivity contribution in [3.05, 3.63) is 35.9 Å². The van der Waals surface area contributed by atoms with Gasteiger partial charge in [0.15, 0.2) is 0 Å². The fraction of sp³-hybridized carbons (Fsp3) is 0.609. The number of hydrogen-bond donors (Lipinski definition) is 1. The van der Waals surface area contributed by atoms with Crippen LogP contribution in [0.2, 0.25) is 0 Å². The van der Waals surface area contributed by atoms with E-state index in [-0.39, 0.29) is 36.1 Å². The summed E-state index contributed by atoms with van der Waals surface area (Å²) in [7, 11) is 0. The van der Waals surface area contributed by atoms with E-state index in [9.17, 15) is 19.5 Å². The number of likely N-dealkylation sites (tertiary alicyclic amines) is 2. The Morgan fingerprint density at radius 3 is 1.93 bits per heavy atom. The van der Waals surface area contributed by atoms with Crippen molar-refractivity contribution in [1.29, 1.82) is 0 Å². The molecule has 29 heavy (non-hydrogen) atoms. The molecule has 2 saturated heterocycles. The van der Waals surface area contributed by atoms with Crippen molar-refractivity contribution in [2.75, 3.05) is 26.2 Å². The molecule has 1 saturated carbocycles. The summed E-state index contributed by atoms with van der Waals surface area (Å²) < 4.78 is 0. The number of carboxylic acid groups (broad SMARTS) is 1. The van der Waals surface area contributed by atoms with Gasteiger partial charge < -0.3 is 14.9 Å². The lowest BCUT2D eigenvalue weighted by Crippen LogP contribution is -2.45. The SMILES string of the molecule is O=C(O)[C@@H]1CN(C(=O)C2CCCCC2C(=O)N2CCCC2)C[C@@H]1c1ccccc1. The van der Waals surface area contributed by atoms with Gasteiger partial charge in [0.25, 0.3) is 0 Å². The van der Waals surface area contributed by atoms with E-state index in [1.54, 1.807) is 4.90 Å². The summed E-state index contributed by atoms with van der Waals surface area (Å²) in [5.41, 5.74) is 0.962. The van der Waals surface area contributed by atoms with Crippen LogP contribution in [-0.4, -0.2) is 58.9 Å². The number of carbonyl (C=O) groups excluding carboxylic acids is 2. The molecule has 3 fully saturated rings. The summed E-state index contributed by atoms with van der Waals surface area (Å²) in [6.45, 7) is 2.25. The maximum absolute atomic E-state index is 13.4. The highest BCUT2D eigenvalue weighted by Crippen LogP contribution is 2.38. The Labute approximate surface area is 171 Å². The molecular weight excluding hydrogens is 368 g/mol. The van der Waals surface area contributed by atoms with Crippen LogP contribution < -0.4 is 0 Å². The van der Waals surface area contributed by atoms with Crippen molar-refractivity contribution in [2.45, 2.75) is 44.4 Å². The van der Waals surface area contributed by atoms with Crippen LogP contribution >= 0.6 is 0 Å². The van der Waals surface area contributed by atoms with Crippen molar-refractivity contribution >= 4 is 17.8 Å². The quantitative estimate of drug-likeness (QED) is 0.846. The summed E-state index contributed by atoms with van der Waals surface area (Å²) in [5, 5.41) is 9.74. The van der Waals surface area contributed by atoms with Crippen LogP contribution in [0.5, 0.6) is 0 Å². The molecule has 156 valence electrons. The Bertz CT molecular complexity index is 759. The fourth-order valence-corrected chi connectivity index (χ4v) is 5.40. The number of amides is 2. The second-order valence-electron chi connectivity index (χ2n) is 8.73. The highest BCUT2D eigenvalue weighted by Gasteiger charge is 2.45. The van der Waals surface area contributed by atoms with Gasteiger partial charge in [-0.3, -0.25) is 14.4 Å². The third-order valence-electron chi connectivity index (χ3n) is 6.99. The monoisotopic (exact) mass is 398 g/mol. The van der Waals surface area contributed by atoms with Crippen LogP contribution in [0.4, 0.5) is 0 Å². The smallest absolute Gasteiger partial charge is 0.308 e. The van der Waals surface area contributed by atoms with Gasteiger partial charge in [0, 0.05) is 43.9 Å². The van der Waals surface area contributed by atoms with E-state index >= 15 is 0 Å². The molecule has 0 aromatic heterocycles. The number of rotatable bonds is 4. The molecule has 2 unspecified atom stereocenters. The summed E-state index contributed by atoms with van der Waals surface area (Å²) in [6, 6.07) is 9.60. The third-order valence-corrected chi connectivity index (χ3v) is 6.99. The lowest BCUT2D eigenvalue weighted by Gasteiger charge is -2.34. The first-order chi connectivity index (χ1) is 14.1. The average molecular weight is 399 g/mol. The number of carboxylic acids is 1. The second kappa shape index (κ2) is 8.56. The van der Waals surface area contributed by atoms with E-state index in [0.717, 1.165) is 57.2 Å². The Kier molecular flexibility index (Phi) is 5.88. The number of aliphatic carboxylic acids is 1. The Morgan fingerprint density at radius 2 is 1.34 bits per heavy atom. The van der Waals surface area contributed by atoms with Crippen molar-refractivity contribution < 1.29 is 19.5 Å². The molecule has 6 heteroatoms. The van der Waals surface area contributed by atoms with Crippen LogP contribution in [0.25, 0.3) is 0 Å². The molecule has 4 atom stereocenters. The molecule has 1 aromatic rings. The summed E-state index contributed by atoms with van der Waals surface area (Å²) >= 11 is 0. The third kappa shape index (κ3) is 4.02. The van der Waals surface area contributed by atoms with Gasteiger partial charge in [-0.05, 0) is 31.2 Å². The topological polar surface area (TPSA) is 77.9 Å². The zero-order chi connectivity index (χ0) is 20.4. The minimum absolute atomic E-state index is 0.0214. The minimum Gasteiger partial charge on any atom is -0.481 e. The molecule has 1 aliphatic carbocycles. The maximum atomic E-state index is 13.4. The first-order valence-corrected chi connectivity index (χ1v) is 10.9. The first kappa shape index (κ1) is 19.9. The van der Waals surface area contributed by atoms with Crippen LogP contribution in [0.3, 0.4) is 0 Å². The Balaban J connectivity index is 1.51. The molecule has 4 rings (SSSR count). The largest absolute Gasteiger partial charge is 0.481 e. The molecule has 6 nitrogen and oxygen atoms in total. The predicted octanol–water partition coefficient (Wildman–Crippen LogP) is 2.74. The summed E-state index contributed by atoms with van der Waals surface area (Å²) in [6.07, 6.45) is 5.53.